The van der Waals surface area contributed by atoms with Gasteiger partial charge in [-0.05, 0) is 43.0 Å². The van der Waals surface area contributed by atoms with Crippen LogP contribution in [0.2, 0.25) is 0 Å². The van der Waals surface area contributed by atoms with Gasteiger partial charge in [0.2, 0.25) is 0 Å². The molecule has 0 radical (unpaired) electrons. The Hall–Kier alpha value is -2.82. The van der Waals surface area contributed by atoms with Crippen LogP contribution in [0.1, 0.15) is 27.8 Å². The number of nitrogens with zero attached hydrogens (tertiary/aromatic N) is 1. The van der Waals surface area contributed by atoms with Gasteiger partial charge in [-0.1, -0.05) is 42.0 Å². The predicted molar refractivity (Wildman–Crippen MR) is 103 cm³/mol. The molecule has 5 heteroatoms. The van der Waals surface area contributed by atoms with Crippen molar-refractivity contribution in [3.63, 3.8) is 0 Å². The second-order valence-electron chi connectivity index (χ2n) is 7.05. The lowest BCUT2D eigenvalue weighted by molar-refractivity contribution is -0.154. The van der Waals surface area contributed by atoms with Gasteiger partial charge in [-0.25, -0.2) is 4.79 Å². The van der Waals surface area contributed by atoms with Gasteiger partial charge in [-0.15, -0.1) is 0 Å². The highest BCUT2D eigenvalue weighted by molar-refractivity contribution is 5.86. The minimum atomic E-state index is -0.624. The first kappa shape index (κ1) is 19.0. The Bertz CT molecular complexity index is 851. The van der Waals surface area contributed by atoms with Gasteiger partial charge in [0.05, 0.1) is 7.11 Å². The predicted octanol–water partition coefficient (Wildman–Crippen LogP) is 3.12. The number of methoxy groups -OCH3 is 1. The minimum absolute atomic E-state index is 0.111. The summed E-state index contributed by atoms with van der Waals surface area (Å²) in [5.41, 5.74) is 5.27. The van der Waals surface area contributed by atoms with Crippen LogP contribution in [0, 0.1) is 20.8 Å². The van der Waals surface area contributed by atoms with Gasteiger partial charge in [-0.2, -0.15) is 0 Å². The molecule has 2 aromatic carbocycles. The number of hydrogen-bond donors (Lipinski definition) is 0. The Kier molecular flexibility index (Phi) is 5.49. The highest BCUT2D eigenvalue weighted by atomic mass is 16.5. The van der Waals surface area contributed by atoms with Gasteiger partial charge < -0.3 is 14.4 Å². The van der Waals surface area contributed by atoms with E-state index < -0.39 is 12.0 Å². The number of carbonyl (C=O) groups excluding carboxylic acids is 2. The van der Waals surface area contributed by atoms with Crippen LogP contribution in [0.4, 0.5) is 0 Å². The highest BCUT2D eigenvalue weighted by Gasteiger charge is 2.35. The molecule has 0 aromatic heterocycles. The fourth-order valence-electron chi connectivity index (χ4n) is 3.74. The maximum atomic E-state index is 12.9. The molecule has 0 spiro atoms. The van der Waals surface area contributed by atoms with E-state index in [4.69, 9.17) is 9.47 Å². The topological polar surface area (TPSA) is 55.8 Å². The summed E-state index contributed by atoms with van der Waals surface area (Å²) < 4.78 is 10.8. The summed E-state index contributed by atoms with van der Waals surface area (Å²) in [5, 5.41) is 0. The summed E-state index contributed by atoms with van der Waals surface area (Å²) in [5.74, 6) is 0.0980. The summed E-state index contributed by atoms with van der Waals surface area (Å²) in [6.07, 6.45) is 0.456. The van der Waals surface area contributed by atoms with Crippen molar-refractivity contribution in [2.75, 3.05) is 13.7 Å². The van der Waals surface area contributed by atoms with E-state index >= 15 is 0 Å². The molecule has 1 aliphatic heterocycles. The van der Waals surface area contributed by atoms with Crippen molar-refractivity contribution in [3.05, 3.63) is 64.2 Å². The van der Waals surface area contributed by atoms with Gasteiger partial charge in [0.15, 0.2) is 6.61 Å². The molecule has 5 nitrogen and oxygen atoms in total. The molecule has 1 aliphatic rings. The molecule has 0 saturated carbocycles. The Labute approximate surface area is 159 Å². The zero-order valence-electron chi connectivity index (χ0n) is 16.2. The lowest BCUT2D eigenvalue weighted by Crippen LogP contribution is -2.50. The van der Waals surface area contributed by atoms with Gasteiger partial charge >= 0.3 is 5.97 Å². The van der Waals surface area contributed by atoms with Crippen LogP contribution in [-0.2, 0) is 27.3 Å². The molecule has 0 bridgehead atoms. The van der Waals surface area contributed by atoms with E-state index in [1.54, 1.807) is 4.90 Å². The second-order valence-corrected chi connectivity index (χ2v) is 7.05. The SMILES string of the molecule is COC(=O)C1Cc2ccccc2CN1C(=O)COc1c(C)cc(C)cc1C. The van der Waals surface area contributed by atoms with E-state index in [1.165, 1.54) is 7.11 Å². The fraction of sp³-hybridized carbons (Fsp3) is 0.364. The van der Waals surface area contributed by atoms with Gasteiger partial charge in [0.25, 0.3) is 5.91 Å². The summed E-state index contributed by atoms with van der Waals surface area (Å²) >= 11 is 0. The largest absolute Gasteiger partial charge is 0.483 e. The molecule has 1 heterocycles. The lowest BCUT2D eigenvalue weighted by atomic mass is 9.94. The van der Waals surface area contributed by atoms with Crippen LogP contribution in [-0.4, -0.2) is 36.5 Å². The first-order valence-electron chi connectivity index (χ1n) is 9.05. The molecule has 2 aromatic rings. The van der Waals surface area contributed by atoms with Crippen LogP contribution in [0.5, 0.6) is 5.75 Å². The van der Waals surface area contributed by atoms with E-state index in [-0.39, 0.29) is 12.5 Å². The summed E-state index contributed by atoms with van der Waals surface area (Å²) in [6.45, 7) is 6.23. The summed E-state index contributed by atoms with van der Waals surface area (Å²) in [6, 6.07) is 11.3. The Balaban J connectivity index is 1.79. The molecule has 1 unspecified atom stereocenters. The van der Waals surface area contributed by atoms with Crippen LogP contribution < -0.4 is 4.74 Å². The maximum Gasteiger partial charge on any atom is 0.328 e. The molecule has 0 fully saturated rings. The number of fused-ring (bicyclic) bond motifs is 1. The normalized spacial score (nSPS) is 15.9. The quantitative estimate of drug-likeness (QED) is 0.779. The van der Waals surface area contributed by atoms with Crippen LogP contribution in [0.3, 0.4) is 0 Å². The number of aryl methyl sites for hydroxylation is 3. The average Bonchev–Trinajstić information content (AvgIpc) is 2.65. The highest BCUT2D eigenvalue weighted by Crippen LogP contribution is 2.26. The van der Waals surface area contributed by atoms with E-state index in [9.17, 15) is 9.59 Å². The molecular weight excluding hydrogens is 342 g/mol. The first-order chi connectivity index (χ1) is 12.9. The van der Waals surface area contributed by atoms with E-state index in [0.717, 1.165) is 33.6 Å². The molecular formula is C22H25NO4. The third kappa shape index (κ3) is 3.97. The smallest absolute Gasteiger partial charge is 0.328 e. The zero-order valence-corrected chi connectivity index (χ0v) is 16.2. The van der Waals surface area contributed by atoms with Crippen molar-refractivity contribution >= 4 is 11.9 Å². The number of rotatable bonds is 4. The summed E-state index contributed by atoms with van der Waals surface area (Å²) in [7, 11) is 1.35. The van der Waals surface area contributed by atoms with E-state index in [2.05, 4.69) is 0 Å². The lowest BCUT2D eigenvalue weighted by Gasteiger charge is -2.35. The van der Waals surface area contributed by atoms with Gasteiger partial charge in [0, 0.05) is 13.0 Å². The van der Waals surface area contributed by atoms with Crippen molar-refractivity contribution in [1.29, 1.82) is 0 Å². The molecule has 0 aliphatic carbocycles. The number of esters is 1. The molecule has 1 amide bonds. The van der Waals surface area contributed by atoms with Crippen molar-refractivity contribution < 1.29 is 19.1 Å². The van der Waals surface area contributed by atoms with Crippen LogP contribution in [0.15, 0.2) is 36.4 Å². The number of ether oxygens (including phenoxy) is 2. The summed E-state index contributed by atoms with van der Waals surface area (Å²) in [4.78, 5) is 26.7. The van der Waals surface area contributed by atoms with Gasteiger partial charge in [-0.3, -0.25) is 4.79 Å². The third-order valence-electron chi connectivity index (χ3n) is 4.99. The second kappa shape index (κ2) is 7.82. The maximum absolute atomic E-state index is 12.9. The Morgan fingerprint density at radius 1 is 1.07 bits per heavy atom. The molecule has 27 heavy (non-hydrogen) atoms. The Morgan fingerprint density at radius 3 is 2.33 bits per heavy atom. The fourth-order valence-corrected chi connectivity index (χ4v) is 3.74. The molecule has 1 atom stereocenters. The number of carbonyl (C=O) groups is 2. The van der Waals surface area contributed by atoms with Crippen LogP contribution >= 0.6 is 0 Å². The van der Waals surface area contributed by atoms with Gasteiger partial charge in [0.1, 0.15) is 11.8 Å². The number of amides is 1. The monoisotopic (exact) mass is 367 g/mol. The van der Waals surface area contributed by atoms with E-state index in [0.29, 0.717) is 13.0 Å². The molecule has 0 saturated heterocycles. The average molecular weight is 367 g/mol. The molecule has 142 valence electrons. The van der Waals surface area contributed by atoms with Crippen molar-refractivity contribution in [3.8, 4) is 5.75 Å². The van der Waals surface area contributed by atoms with Crippen LogP contribution in [0.25, 0.3) is 0 Å². The van der Waals surface area contributed by atoms with E-state index in [1.807, 2.05) is 57.2 Å². The molecule has 3 rings (SSSR count). The zero-order chi connectivity index (χ0) is 19.6. The molecule has 0 N–H and O–H groups in total. The standard InChI is InChI=1S/C22H25NO4/c1-14-9-15(2)21(16(3)10-14)27-13-20(24)23-12-18-8-6-5-7-17(18)11-19(23)22(25)26-4/h5-10,19H,11-13H2,1-4H3. The van der Waals surface area contributed by atoms with Crippen molar-refractivity contribution in [2.24, 2.45) is 0 Å². The van der Waals surface area contributed by atoms with Crippen molar-refractivity contribution in [2.45, 2.75) is 39.8 Å². The minimum Gasteiger partial charge on any atom is -0.483 e. The Morgan fingerprint density at radius 2 is 1.70 bits per heavy atom. The number of benzene rings is 2. The third-order valence-corrected chi connectivity index (χ3v) is 4.99. The van der Waals surface area contributed by atoms with Crippen molar-refractivity contribution in [1.82, 2.24) is 4.90 Å². The number of hydrogen-bond acceptors (Lipinski definition) is 4. The first-order valence-corrected chi connectivity index (χ1v) is 9.05.